The Bertz CT molecular complexity index is 1310. The molecule has 0 fully saturated rings. The molecule has 0 heterocycles. The van der Waals surface area contributed by atoms with Gasteiger partial charge in [-0.1, -0.05) is 36.4 Å². The average Bonchev–Trinajstić information content (AvgIpc) is 2.85. The molecular formula is C30H36N6. The van der Waals surface area contributed by atoms with Crippen LogP contribution < -0.4 is 19.6 Å². The normalized spacial score (nSPS) is 11.7. The van der Waals surface area contributed by atoms with Crippen LogP contribution in [-0.4, -0.2) is 68.8 Å². The maximum atomic E-state index is 4.45. The van der Waals surface area contributed by atoms with Crippen LogP contribution in [0.25, 0.3) is 21.5 Å². The molecule has 0 bridgehead atoms. The van der Waals surface area contributed by atoms with Crippen molar-refractivity contribution in [1.29, 1.82) is 0 Å². The van der Waals surface area contributed by atoms with E-state index in [-0.39, 0.29) is 0 Å². The molecular weight excluding hydrogens is 444 g/mol. The predicted octanol–water partition coefficient (Wildman–Crippen LogP) is 5.71. The summed E-state index contributed by atoms with van der Waals surface area (Å²) in [6.07, 6.45) is 3.69. The van der Waals surface area contributed by atoms with Crippen LogP contribution in [0.2, 0.25) is 0 Å². The minimum absolute atomic E-state index is 1.04. The zero-order valence-corrected chi connectivity index (χ0v) is 22.6. The lowest BCUT2D eigenvalue weighted by atomic mass is 10.0. The van der Waals surface area contributed by atoms with Crippen LogP contribution in [-0.2, 0) is 0 Å². The number of hydrogen-bond acceptors (Lipinski definition) is 6. The van der Waals surface area contributed by atoms with E-state index in [4.69, 9.17) is 0 Å². The number of rotatable bonds is 7. The predicted molar refractivity (Wildman–Crippen MR) is 160 cm³/mol. The van der Waals surface area contributed by atoms with Gasteiger partial charge in [-0.15, -0.1) is 0 Å². The van der Waals surface area contributed by atoms with Crippen molar-refractivity contribution < 1.29 is 0 Å². The summed E-state index contributed by atoms with van der Waals surface area (Å²) in [5, 5.41) is 13.6. The summed E-state index contributed by atoms with van der Waals surface area (Å²) in [6.45, 7) is 0. The fraction of sp³-hybridized carbons (Fsp3) is 0.267. The average molecular weight is 481 g/mol. The highest BCUT2D eigenvalue weighted by Gasteiger charge is 2.13. The smallest absolute Gasteiger partial charge is 0.0574 e. The van der Waals surface area contributed by atoms with Crippen molar-refractivity contribution in [2.45, 2.75) is 0 Å². The molecule has 0 aliphatic rings. The second-order valence-corrected chi connectivity index (χ2v) is 9.81. The Morgan fingerprint density at radius 3 is 1.11 bits per heavy atom. The van der Waals surface area contributed by atoms with Gasteiger partial charge in [-0.3, -0.25) is 0 Å². The van der Waals surface area contributed by atoms with Crippen molar-refractivity contribution in [1.82, 2.24) is 0 Å². The van der Waals surface area contributed by atoms with Gasteiger partial charge in [-0.25, -0.2) is 0 Å². The van der Waals surface area contributed by atoms with E-state index < -0.39 is 0 Å². The highest BCUT2D eigenvalue weighted by molar-refractivity contribution is 6.12. The summed E-state index contributed by atoms with van der Waals surface area (Å²) in [5.41, 5.74) is 6.80. The van der Waals surface area contributed by atoms with Gasteiger partial charge in [0.1, 0.15) is 0 Å². The summed E-state index contributed by atoms with van der Waals surface area (Å²) in [4.78, 5) is 8.61. The molecule has 4 aromatic carbocycles. The SMILES string of the molecule is CN(C)c1cccc2c(/C=N/N=C/c3ccc(N(C)C)c4c(N(C)C)cccc34)ccc(N(C)C)c12. The number of benzene rings is 4. The third kappa shape index (κ3) is 4.71. The maximum absolute atomic E-state index is 4.45. The van der Waals surface area contributed by atoms with Crippen molar-refractivity contribution in [3.8, 4) is 0 Å². The Hall–Kier alpha value is -4.06. The van der Waals surface area contributed by atoms with Crippen LogP contribution in [0.5, 0.6) is 0 Å². The van der Waals surface area contributed by atoms with Crippen molar-refractivity contribution >= 4 is 56.7 Å². The van der Waals surface area contributed by atoms with Crippen molar-refractivity contribution in [3.63, 3.8) is 0 Å². The van der Waals surface area contributed by atoms with Crippen molar-refractivity contribution in [2.75, 3.05) is 76.0 Å². The Morgan fingerprint density at radius 1 is 0.444 bits per heavy atom. The molecule has 0 spiro atoms. The number of anilines is 4. The highest BCUT2D eigenvalue weighted by atomic mass is 15.2. The Balaban J connectivity index is 1.75. The van der Waals surface area contributed by atoms with Crippen molar-refractivity contribution in [2.24, 2.45) is 10.2 Å². The van der Waals surface area contributed by atoms with Gasteiger partial charge in [-0.05, 0) is 35.0 Å². The zero-order chi connectivity index (χ0) is 26.0. The van der Waals surface area contributed by atoms with Crippen LogP contribution in [0.15, 0.2) is 70.9 Å². The molecule has 0 unspecified atom stereocenters. The third-order valence-electron chi connectivity index (χ3n) is 6.45. The van der Waals surface area contributed by atoms with E-state index in [2.05, 4.69) is 147 Å². The fourth-order valence-corrected chi connectivity index (χ4v) is 4.69. The first-order chi connectivity index (χ1) is 17.2. The third-order valence-corrected chi connectivity index (χ3v) is 6.45. The molecule has 0 aliphatic carbocycles. The summed E-state index contributed by atoms with van der Waals surface area (Å²) < 4.78 is 0. The van der Waals surface area contributed by atoms with Gasteiger partial charge in [0.25, 0.3) is 0 Å². The van der Waals surface area contributed by atoms with Gasteiger partial charge in [0.05, 0.1) is 12.4 Å². The lowest BCUT2D eigenvalue weighted by Crippen LogP contribution is -2.13. The molecule has 0 aromatic heterocycles. The van der Waals surface area contributed by atoms with Crippen LogP contribution in [0.3, 0.4) is 0 Å². The molecule has 0 N–H and O–H groups in total. The number of fused-ring (bicyclic) bond motifs is 2. The molecule has 6 heteroatoms. The zero-order valence-electron chi connectivity index (χ0n) is 22.6. The Labute approximate surface area is 214 Å². The molecule has 0 amide bonds. The van der Waals surface area contributed by atoms with Gasteiger partial charge in [0, 0.05) is 101 Å². The van der Waals surface area contributed by atoms with E-state index in [1.165, 1.54) is 33.5 Å². The second kappa shape index (κ2) is 10.3. The minimum atomic E-state index is 1.04. The van der Waals surface area contributed by atoms with Crippen LogP contribution >= 0.6 is 0 Å². The molecule has 4 rings (SSSR count). The minimum Gasteiger partial charge on any atom is -0.377 e. The summed E-state index contributed by atoms with van der Waals surface area (Å²) in [6, 6.07) is 21.3. The first-order valence-corrected chi connectivity index (χ1v) is 12.1. The van der Waals surface area contributed by atoms with E-state index in [1.54, 1.807) is 0 Å². The second-order valence-electron chi connectivity index (χ2n) is 9.81. The molecule has 0 atom stereocenters. The Kier molecular flexibility index (Phi) is 7.15. The molecule has 0 radical (unpaired) electrons. The summed E-state index contributed by atoms with van der Waals surface area (Å²) >= 11 is 0. The molecule has 0 aliphatic heterocycles. The van der Waals surface area contributed by atoms with Crippen LogP contribution in [0, 0.1) is 0 Å². The van der Waals surface area contributed by atoms with Gasteiger partial charge >= 0.3 is 0 Å². The Morgan fingerprint density at radius 2 is 0.778 bits per heavy atom. The highest BCUT2D eigenvalue weighted by Crippen LogP contribution is 2.36. The molecule has 36 heavy (non-hydrogen) atoms. The first kappa shape index (κ1) is 25.0. The van der Waals surface area contributed by atoms with E-state index >= 15 is 0 Å². The van der Waals surface area contributed by atoms with E-state index in [9.17, 15) is 0 Å². The van der Waals surface area contributed by atoms with Gasteiger partial charge < -0.3 is 19.6 Å². The van der Waals surface area contributed by atoms with Crippen LogP contribution in [0.1, 0.15) is 11.1 Å². The lowest BCUT2D eigenvalue weighted by Gasteiger charge is -2.22. The number of hydrogen-bond donors (Lipinski definition) is 0. The van der Waals surface area contributed by atoms with Crippen LogP contribution in [0.4, 0.5) is 22.7 Å². The largest absolute Gasteiger partial charge is 0.377 e. The quantitative estimate of drug-likeness (QED) is 0.251. The lowest BCUT2D eigenvalue weighted by molar-refractivity contribution is 1.12. The van der Waals surface area contributed by atoms with E-state index in [0.29, 0.717) is 0 Å². The molecule has 0 saturated carbocycles. The number of nitrogens with zero attached hydrogens (tertiary/aromatic N) is 6. The topological polar surface area (TPSA) is 37.7 Å². The fourth-order valence-electron chi connectivity index (χ4n) is 4.69. The summed E-state index contributed by atoms with van der Waals surface area (Å²) in [5.74, 6) is 0. The summed E-state index contributed by atoms with van der Waals surface area (Å²) in [7, 11) is 16.6. The molecule has 186 valence electrons. The first-order valence-electron chi connectivity index (χ1n) is 12.1. The van der Waals surface area contributed by atoms with Gasteiger partial charge in [0.2, 0.25) is 0 Å². The van der Waals surface area contributed by atoms with Crippen molar-refractivity contribution in [3.05, 3.63) is 71.8 Å². The van der Waals surface area contributed by atoms with Gasteiger partial charge in [-0.2, -0.15) is 10.2 Å². The van der Waals surface area contributed by atoms with E-state index in [1.807, 2.05) is 12.4 Å². The molecule has 6 nitrogen and oxygen atoms in total. The molecule has 0 saturated heterocycles. The maximum Gasteiger partial charge on any atom is 0.0574 e. The molecule has 4 aromatic rings. The standard InChI is InChI=1S/C30H36N6/c1-33(2)25-13-9-11-23-21(15-17-27(29(23)25)35(5)6)19-31-32-20-22-16-18-28(36(7)8)30-24(22)12-10-14-26(30)34(3)4/h9-20H,1-8H3/b31-19+,32-20+. The van der Waals surface area contributed by atoms with E-state index in [0.717, 1.165) is 21.9 Å². The van der Waals surface area contributed by atoms with Gasteiger partial charge in [0.15, 0.2) is 0 Å². The monoisotopic (exact) mass is 480 g/mol.